The second kappa shape index (κ2) is 7.31. The molecule has 0 aromatic rings. The highest BCUT2D eigenvalue weighted by atomic mass is 16.5. The summed E-state index contributed by atoms with van der Waals surface area (Å²) in [6, 6.07) is 0. The molecule has 2 unspecified atom stereocenters. The first-order valence-corrected chi connectivity index (χ1v) is 6.55. The van der Waals surface area contributed by atoms with Gasteiger partial charge in [0.2, 0.25) is 0 Å². The summed E-state index contributed by atoms with van der Waals surface area (Å²) in [4.78, 5) is 0. The molecule has 2 atom stereocenters. The lowest BCUT2D eigenvalue weighted by Crippen LogP contribution is -2.52. The summed E-state index contributed by atoms with van der Waals surface area (Å²) in [6.45, 7) is 6.69. The van der Waals surface area contributed by atoms with Crippen LogP contribution < -0.4 is 0 Å². The van der Waals surface area contributed by atoms with Crippen LogP contribution in [0.5, 0.6) is 0 Å². The zero-order valence-electron chi connectivity index (χ0n) is 11.3. The summed E-state index contributed by atoms with van der Waals surface area (Å²) >= 11 is 0. The fourth-order valence-corrected chi connectivity index (χ4v) is 2.51. The van der Waals surface area contributed by atoms with Gasteiger partial charge in [0.05, 0.1) is 11.7 Å². The van der Waals surface area contributed by atoms with Crippen molar-refractivity contribution in [2.75, 3.05) is 33.5 Å². The summed E-state index contributed by atoms with van der Waals surface area (Å²) in [5.74, 6) is 0.180. The average Bonchev–Trinajstić information content (AvgIpc) is 2.36. The van der Waals surface area contributed by atoms with E-state index in [1.807, 2.05) is 6.92 Å². The van der Waals surface area contributed by atoms with E-state index < -0.39 is 11.7 Å². The lowest BCUT2D eigenvalue weighted by Gasteiger charge is -2.42. The van der Waals surface area contributed by atoms with Crippen molar-refractivity contribution < 1.29 is 19.3 Å². The molecule has 0 saturated carbocycles. The largest absolute Gasteiger partial charge is 0.390 e. The number of methoxy groups -OCH3 is 1. The molecule has 0 aromatic carbocycles. The molecule has 0 bridgehead atoms. The summed E-state index contributed by atoms with van der Waals surface area (Å²) in [7, 11) is 1.69. The lowest BCUT2D eigenvalue weighted by atomic mass is 9.80. The Labute approximate surface area is 104 Å². The SMILES string of the molecule is CCOC1(C(O)C(C)CCOC)CCOCC1. The number of aliphatic hydroxyl groups is 1. The highest BCUT2D eigenvalue weighted by Gasteiger charge is 2.42. The van der Waals surface area contributed by atoms with E-state index in [2.05, 4.69) is 6.92 Å². The first kappa shape index (κ1) is 14.9. The number of aliphatic hydroxyl groups excluding tert-OH is 1. The fourth-order valence-electron chi connectivity index (χ4n) is 2.51. The van der Waals surface area contributed by atoms with E-state index in [0.29, 0.717) is 26.4 Å². The molecular weight excluding hydrogens is 220 g/mol. The first-order chi connectivity index (χ1) is 8.16. The molecule has 0 spiro atoms. The highest BCUT2D eigenvalue weighted by Crippen LogP contribution is 2.33. The Morgan fingerprint density at radius 3 is 2.53 bits per heavy atom. The Morgan fingerprint density at radius 2 is 2.00 bits per heavy atom. The molecule has 1 saturated heterocycles. The van der Waals surface area contributed by atoms with E-state index in [9.17, 15) is 5.11 Å². The van der Waals surface area contributed by atoms with E-state index in [1.54, 1.807) is 7.11 Å². The topological polar surface area (TPSA) is 47.9 Å². The van der Waals surface area contributed by atoms with Gasteiger partial charge in [-0.25, -0.2) is 0 Å². The maximum Gasteiger partial charge on any atom is 0.0986 e. The molecule has 1 heterocycles. The predicted octanol–water partition coefficient (Wildman–Crippen LogP) is 1.61. The van der Waals surface area contributed by atoms with E-state index in [4.69, 9.17) is 14.2 Å². The zero-order chi connectivity index (χ0) is 12.7. The Kier molecular flexibility index (Phi) is 6.41. The minimum absolute atomic E-state index is 0.180. The molecule has 1 N–H and O–H groups in total. The number of ether oxygens (including phenoxy) is 3. The molecule has 1 aliphatic heterocycles. The van der Waals surface area contributed by atoms with Gasteiger partial charge in [0.1, 0.15) is 0 Å². The molecule has 0 aliphatic carbocycles. The van der Waals surface area contributed by atoms with E-state index in [1.165, 1.54) is 0 Å². The molecule has 4 heteroatoms. The van der Waals surface area contributed by atoms with Gasteiger partial charge < -0.3 is 19.3 Å². The van der Waals surface area contributed by atoms with Crippen LogP contribution in [0.4, 0.5) is 0 Å². The average molecular weight is 246 g/mol. The molecular formula is C13H26O4. The Morgan fingerprint density at radius 1 is 1.35 bits per heavy atom. The third kappa shape index (κ3) is 3.91. The predicted molar refractivity (Wildman–Crippen MR) is 66.1 cm³/mol. The van der Waals surface area contributed by atoms with Gasteiger partial charge in [0.15, 0.2) is 0 Å². The van der Waals surface area contributed by atoms with Crippen molar-refractivity contribution in [1.82, 2.24) is 0 Å². The Balaban J connectivity index is 2.61. The standard InChI is InChI=1S/C13H26O4/c1-4-17-13(6-9-16-10-7-13)12(14)11(2)5-8-15-3/h11-12,14H,4-10H2,1-3H3. The molecule has 1 fully saturated rings. The minimum Gasteiger partial charge on any atom is -0.390 e. The van der Waals surface area contributed by atoms with Gasteiger partial charge in [-0.15, -0.1) is 0 Å². The van der Waals surface area contributed by atoms with Crippen molar-refractivity contribution in [3.05, 3.63) is 0 Å². The lowest BCUT2D eigenvalue weighted by molar-refractivity contribution is -0.179. The molecule has 1 aliphatic rings. The second-order valence-corrected chi connectivity index (χ2v) is 4.81. The number of hydrogen-bond acceptors (Lipinski definition) is 4. The summed E-state index contributed by atoms with van der Waals surface area (Å²) in [5.41, 5.74) is -0.417. The van der Waals surface area contributed by atoms with E-state index >= 15 is 0 Å². The summed E-state index contributed by atoms with van der Waals surface area (Å²) in [6.07, 6.45) is 1.97. The van der Waals surface area contributed by atoms with Crippen LogP contribution in [0.25, 0.3) is 0 Å². The van der Waals surface area contributed by atoms with Gasteiger partial charge in [-0.1, -0.05) is 6.92 Å². The van der Waals surface area contributed by atoms with Crippen molar-refractivity contribution in [3.63, 3.8) is 0 Å². The minimum atomic E-state index is -0.443. The zero-order valence-corrected chi connectivity index (χ0v) is 11.3. The monoisotopic (exact) mass is 246 g/mol. The van der Waals surface area contributed by atoms with Gasteiger partial charge in [0.25, 0.3) is 0 Å². The van der Waals surface area contributed by atoms with Crippen LogP contribution in [0.1, 0.15) is 33.1 Å². The van der Waals surface area contributed by atoms with Crippen molar-refractivity contribution >= 4 is 0 Å². The second-order valence-electron chi connectivity index (χ2n) is 4.81. The maximum absolute atomic E-state index is 10.5. The molecule has 102 valence electrons. The third-order valence-corrected chi connectivity index (χ3v) is 3.63. The molecule has 17 heavy (non-hydrogen) atoms. The smallest absolute Gasteiger partial charge is 0.0986 e. The van der Waals surface area contributed by atoms with Crippen molar-refractivity contribution in [2.24, 2.45) is 5.92 Å². The Hall–Kier alpha value is -0.160. The van der Waals surface area contributed by atoms with Crippen LogP contribution in [-0.2, 0) is 14.2 Å². The first-order valence-electron chi connectivity index (χ1n) is 6.55. The maximum atomic E-state index is 10.5. The van der Waals surface area contributed by atoms with E-state index in [0.717, 1.165) is 19.3 Å². The van der Waals surface area contributed by atoms with E-state index in [-0.39, 0.29) is 5.92 Å². The van der Waals surface area contributed by atoms with Crippen molar-refractivity contribution in [2.45, 2.75) is 44.8 Å². The van der Waals surface area contributed by atoms with Gasteiger partial charge >= 0.3 is 0 Å². The normalized spacial score (nSPS) is 23.3. The van der Waals surface area contributed by atoms with Gasteiger partial charge in [-0.05, 0) is 19.3 Å². The fraction of sp³-hybridized carbons (Fsp3) is 1.00. The number of hydrogen-bond donors (Lipinski definition) is 1. The van der Waals surface area contributed by atoms with Crippen LogP contribution in [0, 0.1) is 5.92 Å². The quantitative estimate of drug-likeness (QED) is 0.741. The molecule has 0 aromatic heterocycles. The van der Waals surface area contributed by atoms with Gasteiger partial charge in [-0.3, -0.25) is 0 Å². The van der Waals surface area contributed by atoms with Crippen LogP contribution in [0.2, 0.25) is 0 Å². The highest BCUT2D eigenvalue weighted by molar-refractivity contribution is 4.93. The summed E-state index contributed by atoms with van der Waals surface area (Å²) in [5, 5.41) is 10.5. The molecule has 1 rings (SSSR count). The van der Waals surface area contributed by atoms with Crippen LogP contribution in [-0.4, -0.2) is 50.3 Å². The van der Waals surface area contributed by atoms with Crippen molar-refractivity contribution in [3.8, 4) is 0 Å². The molecule has 4 nitrogen and oxygen atoms in total. The Bertz CT molecular complexity index is 196. The van der Waals surface area contributed by atoms with Crippen LogP contribution >= 0.6 is 0 Å². The van der Waals surface area contributed by atoms with Crippen molar-refractivity contribution in [1.29, 1.82) is 0 Å². The molecule has 0 radical (unpaired) electrons. The number of rotatable bonds is 7. The van der Waals surface area contributed by atoms with Crippen LogP contribution in [0.15, 0.2) is 0 Å². The van der Waals surface area contributed by atoms with Gasteiger partial charge in [0, 0.05) is 46.4 Å². The molecule has 0 amide bonds. The van der Waals surface area contributed by atoms with Crippen LogP contribution in [0.3, 0.4) is 0 Å². The summed E-state index contributed by atoms with van der Waals surface area (Å²) < 4.78 is 16.3. The third-order valence-electron chi connectivity index (χ3n) is 3.63. The van der Waals surface area contributed by atoms with Gasteiger partial charge in [-0.2, -0.15) is 0 Å².